The Bertz CT molecular complexity index is 627. The Labute approximate surface area is 128 Å². The van der Waals surface area contributed by atoms with Crippen LogP contribution in [0.1, 0.15) is 12.5 Å². The summed E-state index contributed by atoms with van der Waals surface area (Å²) >= 11 is 10.9. The fourth-order valence-corrected chi connectivity index (χ4v) is 3.12. The zero-order valence-electron chi connectivity index (χ0n) is 10.3. The van der Waals surface area contributed by atoms with Crippen LogP contribution in [0.3, 0.4) is 0 Å². The minimum absolute atomic E-state index is 0.321. The maximum Gasteiger partial charge on any atom is 0.308 e. The van der Waals surface area contributed by atoms with E-state index in [0.717, 1.165) is 21.4 Å². The molecule has 6 heteroatoms. The van der Waals surface area contributed by atoms with Crippen molar-refractivity contribution in [2.24, 2.45) is 0 Å². The van der Waals surface area contributed by atoms with Gasteiger partial charge < -0.3 is 10.1 Å². The summed E-state index contributed by atoms with van der Waals surface area (Å²) in [5.74, 6) is -0.321. The number of esters is 1. The normalized spacial score (nSPS) is 10.3. The molecule has 0 atom stereocenters. The van der Waals surface area contributed by atoms with Crippen molar-refractivity contribution in [3.8, 4) is 5.06 Å². The minimum atomic E-state index is -0.321. The van der Waals surface area contributed by atoms with Crippen LogP contribution in [-0.4, -0.2) is 5.97 Å². The molecular weight excluding hydrogens is 350 g/mol. The molecule has 1 N–H and O–H groups in total. The molecule has 2 rings (SSSR count). The largest absolute Gasteiger partial charge is 0.415 e. The number of rotatable bonds is 3. The number of carbonyl (C=O) groups is 1. The maximum absolute atomic E-state index is 11.0. The summed E-state index contributed by atoms with van der Waals surface area (Å²) in [6.07, 6.45) is 0. The highest BCUT2D eigenvalue weighted by molar-refractivity contribution is 9.10. The van der Waals surface area contributed by atoms with E-state index >= 15 is 0 Å². The van der Waals surface area contributed by atoms with E-state index in [1.807, 2.05) is 30.5 Å². The molecule has 1 aromatic heterocycles. The first-order valence-electron chi connectivity index (χ1n) is 5.46. The topological polar surface area (TPSA) is 38.3 Å². The van der Waals surface area contributed by atoms with E-state index in [4.69, 9.17) is 16.3 Å². The van der Waals surface area contributed by atoms with Gasteiger partial charge in [-0.25, -0.2) is 0 Å². The van der Waals surface area contributed by atoms with Crippen molar-refractivity contribution in [3.63, 3.8) is 0 Å². The van der Waals surface area contributed by atoms with E-state index in [2.05, 4.69) is 21.2 Å². The number of ether oxygens (including phenoxy) is 1. The minimum Gasteiger partial charge on any atom is -0.415 e. The number of hydrogen-bond acceptors (Lipinski definition) is 4. The van der Waals surface area contributed by atoms with E-state index in [0.29, 0.717) is 10.1 Å². The van der Waals surface area contributed by atoms with Crippen molar-refractivity contribution in [2.45, 2.75) is 13.8 Å². The third kappa shape index (κ3) is 3.49. The summed E-state index contributed by atoms with van der Waals surface area (Å²) in [6.45, 7) is 3.28. The summed E-state index contributed by atoms with van der Waals surface area (Å²) in [7, 11) is 0. The molecule has 0 aliphatic heterocycles. The number of carbonyl (C=O) groups excluding carboxylic acids is 1. The molecule has 0 spiro atoms. The number of nitrogens with one attached hydrogen (secondary N) is 1. The van der Waals surface area contributed by atoms with Crippen molar-refractivity contribution in [3.05, 3.63) is 38.6 Å². The quantitative estimate of drug-likeness (QED) is 0.770. The second-order valence-electron chi connectivity index (χ2n) is 3.90. The number of anilines is 2. The van der Waals surface area contributed by atoms with Crippen LogP contribution >= 0.6 is 38.9 Å². The fraction of sp³-hybridized carbons (Fsp3) is 0.154. The summed E-state index contributed by atoms with van der Waals surface area (Å²) in [5, 5.41) is 6.34. The Morgan fingerprint density at radius 1 is 1.42 bits per heavy atom. The molecule has 0 bridgehead atoms. The summed E-state index contributed by atoms with van der Waals surface area (Å²) in [5.41, 5.74) is 2.57. The molecule has 0 amide bonds. The van der Waals surface area contributed by atoms with Crippen molar-refractivity contribution < 1.29 is 9.53 Å². The molecule has 2 aromatic rings. The number of thiophene rings is 1. The molecule has 0 aliphatic carbocycles. The predicted octanol–water partition coefficient (Wildman–Crippen LogP) is 5.14. The average Bonchev–Trinajstić information content (AvgIpc) is 2.64. The molecule has 0 aliphatic rings. The van der Waals surface area contributed by atoms with Crippen molar-refractivity contribution in [1.82, 2.24) is 0 Å². The lowest BCUT2D eigenvalue weighted by atomic mass is 10.2. The Morgan fingerprint density at radius 2 is 2.16 bits per heavy atom. The first-order chi connectivity index (χ1) is 8.97. The molecule has 0 radical (unpaired) electrons. The smallest absolute Gasteiger partial charge is 0.308 e. The van der Waals surface area contributed by atoms with Gasteiger partial charge in [0.1, 0.15) is 0 Å². The van der Waals surface area contributed by atoms with Gasteiger partial charge in [0, 0.05) is 22.3 Å². The predicted molar refractivity (Wildman–Crippen MR) is 82.8 cm³/mol. The molecule has 0 saturated heterocycles. The van der Waals surface area contributed by atoms with Crippen LogP contribution < -0.4 is 10.1 Å². The summed E-state index contributed by atoms with van der Waals surface area (Å²) in [4.78, 5) is 11.0. The van der Waals surface area contributed by atoms with Crippen molar-refractivity contribution >= 4 is 56.2 Å². The molecule has 1 heterocycles. The van der Waals surface area contributed by atoms with Crippen molar-refractivity contribution in [1.29, 1.82) is 0 Å². The van der Waals surface area contributed by atoms with Gasteiger partial charge in [0.2, 0.25) is 0 Å². The molecule has 0 unspecified atom stereocenters. The van der Waals surface area contributed by atoms with E-state index < -0.39 is 0 Å². The van der Waals surface area contributed by atoms with Gasteiger partial charge in [-0.05, 0) is 25.1 Å². The first kappa shape index (κ1) is 14.4. The van der Waals surface area contributed by atoms with Gasteiger partial charge >= 0.3 is 5.97 Å². The van der Waals surface area contributed by atoms with Crippen LogP contribution in [0.15, 0.2) is 28.1 Å². The van der Waals surface area contributed by atoms with Crippen LogP contribution in [0.25, 0.3) is 0 Å². The van der Waals surface area contributed by atoms with Gasteiger partial charge in [0.15, 0.2) is 5.06 Å². The van der Waals surface area contributed by atoms with Crippen LogP contribution in [-0.2, 0) is 4.79 Å². The highest BCUT2D eigenvalue weighted by Crippen LogP contribution is 2.37. The van der Waals surface area contributed by atoms with E-state index in [9.17, 15) is 4.79 Å². The summed E-state index contributed by atoms with van der Waals surface area (Å²) in [6, 6.07) is 5.61. The van der Waals surface area contributed by atoms with Gasteiger partial charge in [0.05, 0.1) is 16.4 Å². The monoisotopic (exact) mass is 359 g/mol. The standard InChI is InChI=1S/C13H11BrClNO2S/c1-7-12(6-19-13(7)18-8(2)17)16-11-4-3-9(14)5-10(11)15/h3-6,16H,1-2H3. The average molecular weight is 361 g/mol. The lowest BCUT2D eigenvalue weighted by Gasteiger charge is -2.08. The number of halogens is 2. The second kappa shape index (κ2) is 5.94. The Kier molecular flexibility index (Phi) is 4.50. The van der Waals surface area contributed by atoms with E-state index in [1.54, 1.807) is 0 Å². The van der Waals surface area contributed by atoms with Crippen LogP contribution in [0.5, 0.6) is 5.06 Å². The Balaban J connectivity index is 2.24. The van der Waals surface area contributed by atoms with E-state index in [-0.39, 0.29) is 5.97 Å². The van der Waals surface area contributed by atoms with Crippen LogP contribution in [0, 0.1) is 6.92 Å². The zero-order chi connectivity index (χ0) is 14.0. The van der Waals surface area contributed by atoms with Crippen molar-refractivity contribution in [2.75, 3.05) is 5.32 Å². The Morgan fingerprint density at radius 3 is 2.79 bits per heavy atom. The molecule has 0 fully saturated rings. The van der Waals surface area contributed by atoms with Gasteiger partial charge in [0.25, 0.3) is 0 Å². The van der Waals surface area contributed by atoms with Gasteiger partial charge in [-0.2, -0.15) is 0 Å². The van der Waals surface area contributed by atoms with E-state index in [1.165, 1.54) is 18.3 Å². The SMILES string of the molecule is CC(=O)Oc1scc(Nc2ccc(Br)cc2Cl)c1C. The molecule has 0 saturated carbocycles. The lowest BCUT2D eigenvalue weighted by Crippen LogP contribution is -2.01. The lowest BCUT2D eigenvalue weighted by molar-refractivity contribution is -0.131. The van der Waals surface area contributed by atoms with Gasteiger partial charge in [-0.15, -0.1) is 11.3 Å². The second-order valence-corrected chi connectivity index (χ2v) is 6.07. The molecule has 1 aromatic carbocycles. The van der Waals surface area contributed by atoms with Gasteiger partial charge in [-0.3, -0.25) is 4.79 Å². The Hall–Kier alpha value is -1.04. The third-order valence-electron chi connectivity index (χ3n) is 2.43. The first-order valence-corrected chi connectivity index (χ1v) is 7.51. The molecule has 19 heavy (non-hydrogen) atoms. The molecule has 100 valence electrons. The highest BCUT2D eigenvalue weighted by Gasteiger charge is 2.11. The number of benzene rings is 1. The molecular formula is C13H11BrClNO2S. The fourth-order valence-electron chi connectivity index (χ4n) is 1.49. The highest BCUT2D eigenvalue weighted by atomic mass is 79.9. The number of hydrogen-bond donors (Lipinski definition) is 1. The van der Waals surface area contributed by atoms with Crippen LogP contribution in [0.4, 0.5) is 11.4 Å². The summed E-state index contributed by atoms with van der Waals surface area (Å²) < 4.78 is 6.03. The van der Waals surface area contributed by atoms with Gasteiger partial charge in [-0.1, -0.05) is 27.5 Å². The third-order valence-corrected chi connectivity index (χ3v) is 4.19. The molecule has 3 nitrogen and oxygen atoms in total. The maximum atomic E-state index is 11.0. The zero-order valence-corrected chi connectivity index (χ0v) is 13.4. The van der Waals surface area contributed by atoms with Crippen LogP contribution in [0.2, 0.25) is 5.02 Å².